The molecule has 5 heteroatoms. The van der Waals surface area contributed by atoms with Crippen molar-refractivity contribution in [3.63, 3.8) is 0 Å². The minimum Gasteiger partial charge on any atom is -0.450 e. The van der Waals surface area contributed by atoms with Crippen LogP contribution >= 0.6 is 15.9 Å². The Bertz CT molecular complexity index is 609. The SMILES string of the molecule is CCC(CC)(CN)NC(=O)c1cc2cccc(Br)c2o1. The molecule has 0 unspecified atom stereocenters. The molecule has 1 amide bonds. The van der Waals surface area contributed by atoms with E-state index in [0.29, 0.717) is 17.9 Å². The van der Waals surface area contributed by atoms with Crippen molar-refractivity contribution in [1.29, 1.82) is 0 Å². The van der Waals surface area contributed by atoms with E-state index in [1.165, 1.54) is 0 Å². The Hall–Kier alpha value is -1.33. The second-order valence-electron chi connectivity index (χ2n) is 4.91. The molecule has 0 bridgehead atoms. The van der Waals surface area contributed by atoms with E-state index in [9.17, 15) is 4.79 Å². The summed E-state index contributed by atoms with van der Waals surface area (Å²) in [6, 6.07) is 7.46. The smallest absolute Gasteiger partial charge is 0.287 e. The van der Waals surface area contributed by atoms with Crippen molar-refractivity contribution in [2.45, 2.75) is 32.2 Å². The molecule has 4 nitrogen and oxygen atoms in total. The number of para-hydroxylation sites is 1. The van der Waals surface area contributed by atoms with Gasteiger partial charge in [-0.25, -0.2) is 0 Å². The molecule has 1 heterocycles. The molecule has 0 spiro atoms. The second-order valence-corrected chi connectivity index (χ2v) is 5.77. The van der Waals surface area contributed by atoms with Gasteiger partial charge in [0.15, 0.2) is 5.76 Å². The molecule has 0 aliphatic rings. The van der Waals surface area contributed by atoms with Gasteiger partial charge in [0.2, 0.25) is 0 Å². The summed E-state index contributed by atoms with van der Waals surface area (Å²) in [5, 5.41) is 3.90. The lowest BCUT2D eigenvalue weighted by Crippen LogP contribution is -2.52. The first-order chi connectivity index (χ1) is 9.55. The summed E-state index contributed by atoms with van der Waals surface area (Å²) < 4.78 is 6.48. The van der Waals surface area contributed by atoms with Gasteiger partial charge in [-0.15, -0.1) is 0 Å². The molecule has 0 saturated heterocycles. The van der Waals surface area contributed by atoms with Crippen molar-refractivity contribution in [2.75, 3.05) is 6.54 Å². The first-order valence-electron chi connectivity index (χ1n) is 6.76. The monoisotopic (exact) mass is 338 g/mol. The number of rotatable bonds is 5. The first-order valence-corrected chi connectivity index (χ1v) is 7.55. The molecule has 0 saturated carbocycles. The van der Waals surface area contributed by atoms with Crippen LogP contribution in [0.4, 0.5) is 0 Å². The van der Waals surface area contributed by atoms with Crippen LogP contribution in [0, 0.1) is 0 Å². The Morgan fingerprint density at radius 3 is 2.65 bits per heavy atom. The summed E-state index contributed by atoms with van der Waals surface area (Å²) in [4.78, 5) is 12.3. The predicted octanol–water partition coefficient (Wildman–Crippen LogP) is 3.44. The number of halogens is 1. The normalized spacial score (nSPS) is 11.8. The van der Waals surface area contributed by atoms with Gasteiger partial charge < -0.3 is 15.5 Å². The van der Waals surface area contributed by atoms with Crippen LogP contribution in [-0.2, 0) is 0 Å². The van der Waals surface area contributed by atoms with Crippen molar-refractivity contribution >= 4 is 32.8 Å². The topological polar surface area (TPSA) is 68.3 Å². The number of hydrogen-bond acceptors (Lipinski definition) is 3. The molecule has 0 radical (unpaired) electrons. The third kappa shape index (κ3) is 2.74. The van der Waals surface area contributed by atoms with Crippen LogP contribution in [0.2, 0.25) is 0 Å². The Kier molecular flexibility index (Phi) is 4.50. The fourth-order valence-corrected chi connectivity index (χ4v) is 2.67. The van der Waals surface area contributed by atoms with E-state index >= 15 is 0 Å². The lowest BCUT2D eigenvalue weighted by molar-refractivity contribution is 0.0869. The largest absolute Gasteiger partial charge is 0.450 e. The fraction of sp³-hybridized carbons (Fsp3) is 0.400. The third-order valence-corrected chi connectivity index (χ3v) is 4.47. The highest BCUT2D eigenvalue weighted by Crippen LogP contribution is 2.27. The minimum atomic E-state index is -0.368. The molecule has 1 aromatic carbocycles. The zero-order valence-electron chi connectivity index (χ0n) is 11.7. The number of carbonyl (C=O) groups is 1. The summed E-state index contributed by atoms with van der Waals surface area (Å²) in [5.41, 5.74) is 6.12. The summed E-state index contributed by atoms with van der Waals surface area (Å²) in [7, 11) is 0. The van der Waals surface area contributed by atoms with Crippen LogP contribution in [0.25, 0.3) is 11.0 Å². The summed E-state index contributed by atoms with van der Waals surface area (Å²) >= 11 is 3.42. The number of benzene rings is 1. The number of furan rings is 1. The first kappa shape index (κ1) is 15.1. The van der Waals surface area contributed by atoms with E-state index in [2.05, 4.69) is 21.2 Å². The molecule has 0 aliphatic carbocycles. The van der Waals surface area contributed by atoms with Crippen LogP contribution < -0.4 is 11.1 Å². The summed E-state index contributed by atoms with van der Waals surface area (Å²) in [6.07, 6.45) is 1.57. The average molecular weight is 339 g/mol. The average Bonchev–Trinajstić information content (AvgIpc) is 2.90. The van der Waals surface area contributed by atoms with Gasteiger partial charge in [0.05, 0.1) is 10.0 Å². The molecular weight excluding hydrogens is 320 g/mol. The van der Waals surface area contributed by atoms with Crippen LogP contribution in [-0.4, -0.2) is 18.0 Å². The zero-order chi connectivity index (χ0) is 14.8. The van der Waals surface area contributed by atoms with Crippen molar-refractivity contribution in [3.8, 4) is 0 Å². The van der Waals surface area contributed by atoms with E-state index < -0.39 is 0 Å². The number of fused-ring (bicyclic) bond motifs is 1. The summed E-state index contributed by atoms with van der Waals surface area (Å²) in [6.45, 7) is 4.45. The fourth-order valence-electron chi connectivity index (χ4n) is 2.21. The maximum Gasteiger partial charge on any atom is 0.287 e. The molecule has 2 rings (SSSR count). The molecule has 2 aromatic rings. The number of amides is 1. The number of nitrogens with one attached hydrogen (secondary N) is 1. The number of hydrogen-bond donors (Lipinski definition) is 2. The standard InChI is InChI=1S/C15H19BrN2O2/c1-3-15(4-2,9-17)18-14(19)12-8-10-6-5-7-11(16)13(10)20-12/h5-8H,3-4,9,17H2,1-2H3,(H,18,19). The highest BCUT2D eigenvalue weighted by atomic mass is 79.9. The van der Waals surface area contributed by atoms with Gasteiger partial charge in [-0.3, -0.25) is 4.79 Å². The van der Waals surface area contributed by atoms with Gasteiger partial charge in [0.1, 0.15) is 5.58 Å². The molecule has 3 N–H and O–H groups in total. The van der Waals surface area contributed by atoms with Crippen molar-refractivity contribution in [1.82, 2.24) is 5.32 Å². The quantitative estimate of drug-likeness (QED) is 0.877. The molecule has 20 heavy (non-hydrogen) atoms. The lowest BCUT2D eigenvalue weighted by atomic mass is 9.93. The van der Waals surface area contributed by atoms with Gasteiger partial charge in [-0.2, -0.15) is 0 Å². The van der Waals surface area contributed by atoms with Crippen molar-refractivity contribution in [3.05, 3.63) is 34.5 Å². The van der Waals surface area contributed by atoms with Crippen molar-refractivity contribution < 1.29 is 9.21 Å². The van der Waals surface area contributed by atoms with Crippen molar-refractivity contribution in [2.24, 2.45) is 5.73 Å². The van der Waals surface area contributed by atoms with E-state index in [0.717, 1.165) is 22.7 Å². The van der Waals surface area contributed by atoms with Gasteiger partial charge in [-0.1, -0.05) is 26.0 Å². The van der Waals surface area contributed by atoms with Crippen LogP contribution in [0.3, 0.4) is 0 Å². The summed E-state index contributed by atoms with van der Waals surface area (Å²) in [5.74, 6) is 0.0916. The lowest BCUT2D eigenvalue weighted by Gasteiger charge is -2.30. The molecule has 1 aromatic heterocycles. The number of carbonyl (C=O) groups excluding carboxylic acids is 1. The third-order valence-electron chi connectivity index (χ3n) is 3.84. The van der Waals surface area contributed by atoms with E-state index in [1.54, 1.807) is 6.07 Å². The van der Waals surface area contributed by atoms with E-state index in [-0.39, 0.29) is 11.4 Å². The highest BCUT2D eigenvalue weighted by molar-refractivity contribution is 9.10. The van der Waals surface area contributed by atoms with Gasteiger partial charge >= 0.3 is 0 Å². The molecular formula is C15H19BrN2O2. The molecule has 0 atom stereocenters. The molecule has 0 fully saturated rings. The van der Waals surface area contributed by atoms with Crippen LogP contribution in [0.5, 0.6) is 0 Å². The van der Waals surface area contributed by atoms with E-state index in [1.807, 2.05) is 32.0 Å². The molecule has 0 aliphatic heterocycles. The van der Waals surface area contributed by atoms with Gasteiger partial charge in [0.25, 0.3) is 5.91 Å². The second kappa shape index (κ2) is 5.97. The van der Waals surface area contributed by atoms with Crippen LogP contribution in [0.1, 0.15) is 37.2 Å². The number of nitrogens with two attached hydrogens (primary N) is 1. The molecule has 108 valence electrons. The Labute approximate surface area is 126 Å². The van der Waals surface area contributed by atoms with Gasteiger partial charge in [-0.05, 0) is 40.9 Å². The van der Waals surface area contributed by atoms with Gasteiger partial charge in [0, 0.05) is 11.9 Å². The zero-order valence-corrected chi connectivity index (χ0v) is 13.3. The highest BCUT2D eigenvalue weighted by Gasteiger charge is 2.28. The Morgan fingerprint density at radius 1 is 1.40 bits per heavy atom. The predicted molar refractivity (Wildman–Crippen MR) is 83.7 cm³/mol. The maximum absolute atomic E-state index is 12.3. The minimum absolute atomic E-state index is 0.220. The Balaban J connectivity index is 2.30. The maximum atomic E-state index is 12.3. The Morgan fingerprint density at radius 2 is 2.10 bits per heavy atom. The van der Waals surface area contributed by atoms with Crippen LogP contribution in [0.15, 0.2) is 33.2 Å². The van der Waals surface area contributed by atoms with E-state index in [4.69, 9.17) is 10.2 Å².